The molecule has 0 heterocycles. The summed E-state index contributed by atoms with van der Waals surface area (Å²) in [4.78, 5) is 36.7. The van der Waals surface area contributed by atoms with E-state index in [-0.39, 0.29) is 6.61 Å². The van der Waals surface area contributed by atoms with Crippen molar-refractivity contribution < 1.29 is 23.9 Å². The second kappa shape index (κ2) is 12.9. The van der Waals surface area contributed by atoms with Crippen molar-refractivity contribution in [2.45, 2.75) is 12.5 Å². The summed E-state index contributed by atoms with van der Waals surface area (Å²) in [5.41, 5.74) is 0.627. The number of para-hydroxylation sites is 2. The third-order valence-electron chi connectivity index (χ3n) is 4.01. The Hall–Kier alpha value is -3.51. The number of carbonyl (C=O) groups excluding carboxylic acids is 3. The highest BCUT2D eigenvalue weighted by Crippen LogP contribution is 2.13. The summed E-state index contributed by atoms with van der Waals surface area (Å²) in [5.74, 6) is -0.625. The molecule has 0 bridgehead atoms. The summed E-state index contributed by atoms with van der Waals surface area (Å²) in [6, 6.07) is 16.4. The minimum absolute atomic E-state index is 0.251. The van der Waals surface area contributed by atoms with Crippen LogP contribution in [0.2, 0.25) is 0 Å². The summed E-state index contributed by atoms with van der Waals surface area (Å²) in [6.45, 7) is -0.788. The van der Waals surface area contributed by atoms with E-state index in [4.69, 9.17) is 14.7 Å². The second-order valence-corrected chi connectivity index (χ2v) is 7.30. The Morgan fingerprint density at radius 3 is 2.45 bits per heavy atom. The van der Waals surface area contributed by atoms with E-state index in [1.54, 1.807) is 48.5 Å². The summed E-state index contributed by atoms with van der Waals surface area (Å²) in [7, 11) is 0. The Kier molecular flexibility index (Phi) is 9.91. The van der Waals surface area contributed by atoms with Crippen molar-refractivity contribution in [2.24, 2.45) is 0 Å². The molecule has 2 aromatic carbocycles. The standard InChI is InChI=1S/C22H23N3O5S/c1-31-12-11-19(25-20(26)14-29-17-8-3-2-4-9-17)22(28)30-15-21(27)24-18-10-6-5-7-16(18)13-23/h2-10,19H,11-12,14-15H2,1H3,(H,24,27)(H,25,26)/t19-/m1/s1. The van der Waals surface area contributed by atoms with E-state index in [0.29, 0.717) is 29.2 Å². The van der Waals surface area contributed by atoms with Crippen molar-refractivity contribution in [1.29, 1.82) is 5.26 Å². The van der Waals surface area contributed by atoms with Gasteiger partial charge in [-0.05, 0) is 42.7 Å². The van der Waals surface area contributed by atoms with Gasteiger partial charge in [0, 0.05) is 0 Å². The number of ether oxygens (including phenoxy) is 2. The van der Waals surface area contributed by atoms with Gasteiger partial charge in [0.1, 0.15) is 17.9 Å². The maximum Gasteiger partial charge on any atom is 0.329 e. The molecule has 9 heteroatoms. The third-order valence-corrected chi connectivity index (χ3v) is 4.65. The first-order valence-electron chi connectivity index (χ1n) is 9.45. The van der Waals surface area contributed by atoms with E-state index in [1.165, 1.54) is 11.8 Å². The van der Waals surface area contributed by atoms with Crippen LogP contribution in [0, 0.1) is 11.3 Å². The normalized spacial score (nSPS) is 11.0. The number of hydrogen-bond acceptors (Lipinski definition) is 7. The Morgan fingerprint density at radius 2 is 1.74 bits per heavy atom. The lowest BCUT2D eigenvalue weighted by molar-refractivity contribution is -0.150. The number of rotatable bonds is 11. The van der Waals surface area contributed by atoms with Gasteiger partial charge in [-0.15, -0.1) is 0 Å². The fourth-order valence-corrected chi connectivity index (χ4v) is 2.97. The van der Waals surface area contributed by atoms with Gasteiger partial charge in [-0.2, -0.15) is 17.0 Å². The van der Waals surface area contributed by atoms with Crippen LogP contribution >= 0.6 is 11.8 Å². The number of benzene rings is 2. The maximum atomic E-state index is 12.4. The fourth-order valence-electron chi connectivity index (χ4n) is 2.50. The van der Waals surface area contributed by atoms with Gasteiger partial charge in [-0.3, -0.25) is 9.59 Å². The predicted molar refractivity (Wildman–Crippen MR) is 118 cm³/mol. The Morgan fingerprint density at radius 1 is 1.03 bits per heavy atom. The molecule has 31 heavy (non-hydrogen) atoms. The van der Waals surface area contributed by atoms with Crippen LogP contribution in [-0.4, -0.2) is 49.0 Å². The molecule has 2 amide bonds. The number of nitriles is 1. The lowest BCUT2D eigenvalue weighted by Crippen LogP contribution is -2.44. The first-order chi connectivity index (χ1) is 15.0. The molecule has 2 N–H and O–H groups in total. The van der Waals surface area contributed by atoms with Crippen LogP contribution in [0.5, 0.6) is 5.75 Å². The first kappa shape index (κ1) is 23.8. The highest BCUT2D eigenvalue weighted by atomic mass is 32.2. The Labute approximate surface area is 184 Å². The van der Waals surface area contributed by atoms with Gasteiger partial charge in [0.25, 0.3) is 11.8 Å². The molecule has 2 rings (SSSR count). The first-order valence-corrected chi connectivity index (χ1v) is 10.8. The monoisotopic (exact) mass is 441 g/mol. The second-order valence-electron chi connectivity index (χ2n) is 6.32. The third kappa shape index (κ3) is 8.40. The Balaban J connectivity index is 1.86. The van der Waals surface area contributed by atoms with Crippen molar-refractivity contribution in [3.8, 4) is 11.8 Å². The molecular formula is C22H23N3O5S. The lowest BCUT2D eigenvalue weighted by atomic mass is 10.2. The van der Waals surface area contributed by atoms with Crippen LogP contribution in [-0.2, 0) is 19.1 Å². The van der Waals surface area contributed by atoms with E-state index in [9.17, 15) is 14.4 Å². The number of hydrogen-bond donors (Lipinski definition) is 2. The number of nitrogens with one attached hydrogen (secondary N) is 2. The van der Waals surface area contributed by atoms with Gasteiger partial charge in [0.05, 0.1) is 11.3 Å². The lowest BCUT2D eigenvalue weighted by Gasteiger charge is -2.17. The molecule has 0 saturated heterocycles. The summed E-state index contributed by atoms with van der Waals surface area (Å²) in [5, 5.41) is 14.2. The number of anilines is 1. The molecule has 0 aromatic heterocycles. The van der Waals surface area contributed by atoms with Crippen molar-refractivity contribution in [1.82, 2.24) is 5.32 Å². The highest BCUT2D eigenvalue weighted by molar-refractivity contribution is 7.98. The molecule has 1 atom stereocenters. The average Bonchev–Trinajstić information content (AvgIpc) is 2.79. The molecule has 0 radical (unpaired) electrons. The molecule has 162 valence electrons. The van der Waals surface area contributed by atoms with E-state index in [1.807, 2.05) is 18.4 Å². The maximum absolute atomic E-state index is 12.4. The molecule has 0 aliphatic carbocycles. The van der Waals surface area contributed by atoms with Crippen molar-refractivity contribution in [3.05, 3.63) is 60.2 Å². The summed E-state index contributed by atoms with van der Waals surface area (Å²) < 4.78 is 10.5. The number of amides is 2. The van der Waals surface area contributed by atoms with Crippen molar-refractivity contribution >= 4 is 35.2 Å². The minimum Gasteiger partial charge on any atom is -0.484 e. The minimum atomic E-state index is -0.904. The zero-order chi connectivity index (χ0) is 22.5. The molecule has 8 nitrogen and oxygen atoms in total. The zero-order valence-corrected chi connectivity index (χ0v) is 17.8. The predicted octanol–water partition coefficient (Wildman–Crippen LogP) is 2.36. The smallest absolute Gasteiger partial charge is 0.329 e. The molecule has 0 saturated carbocycles. The molecule has 0 fully saturated rings. The van der Waals surface area contributed by atoms with Crippen LogP contribution in [0.3, 0.4) is 0 Å². The van der Waals surface area contributed by atoms with E-state index >= 15 is 0 Å². The molecule has 0 aliphatic rings. The van der Waals surface area contributed by atoms with Gasteiger partial charge >= 0.3 is 5.97 Å². The zero-order valence-electron chi connectivity index (χ0n) is 17.0. The van der Waals surface area contributed by atoms with E-state index in [0.717, 1.165) is 0 Å². The number of esters is 1. The molecular weight excluding hydrogens is 418 g/mol. The average molecular weight is 442 g/mol. The van der Waals surface area contributed by atoms with Crippen LogP contribution in [0.25, 0.3) is 0 Å². The van der Waals surface area contributed by atoms with Crippen LogP contribution < -0.4 is 15.4 Å². The topological polar surface area (TPSA) is 118 Å². The van der Waals surface area contributed by atoms with Crippen LogP contribution in [0.15, 0.2) is 54.6 Å². The number of thioether (sulfide) groups is 1. The largest absolute Gasteiger partial charge is 0.484 e. The quantitative estimate of drug-likeness (QED) is 0.514. The van der Waals surface area contributed by atoms with E-state index in [2.05, 4.69) is 10.6 Å². The summed E-state index contributed by atoms with van der Waals surface area (Å²) >= 11 is 1.51. The molecule has 0 aliphatic heterocycles. The molecule has 0 unspecified atom stereocenters. The Bertz CT molecular complexity index is 930. The van der Waals surface area contributed by atoms with Crippen molar-refractivity contribution in [2.75, 3.05) is 30.5 Å². The van der Waals surface area contributed by atoms with Crippen LogP contribution in [0.1, 0.15) is 12.0 Å². The van der Waals surface area contributed by atoms with Gasteiger partial charge in [-0.1, -0.05) is 30.3 Å². The van der Waals surface area contributed by atoms with Crippen molar-refractivity contribution in [3.63, 3.8) is 0 Å². The van der Waals surface area contributed by atoms with Gasteiger partial charge in [0.15, 0.2) is 13.2 Å². The fraction of sp³-hybridized carbons (Fsp3) is 0.273. The van der Waals surface area contributed by atoms with E-state index < -0.39 is 30.4 Å². The van der Waals surface area contributed by atoms with Gasteiger partial charge in [0.2, 0.25) is 0 Å². The van der Waals surface area contributed by atoms with Crippen LogP contribution in [0.4, 0.5) is 5.69 Å². The summed E-state index contributed by atoms with van der Waals surface area (Å²) in [6.07, 6.45) is 2.22. The molecule has 0 spiro atoms. The number of nitrogens with zero attached hydrogens (tertiary/aromatic N) is 1. The highest BCUT2D eigenvalue weighted by Gasteiger charge is 2.23. The van der Waals surface area contributed by atoms with Gasteiger partial charge in [-0.25, -0.2) is 4.79 Å². The number of carbonyl (C=O) groups is 3. The SMILES string of the molecule is CSCC[C@@H](NC(=O)COc1ccccc1)C(=O)OCC(=O)Nc1ccccc1C#N. The van der Waals surface area contributed by atoms with Gasteiger partial charge < -0.3 is 20.1 Å². The molecule has 2 aromatic rings.